The summed E-state index contributed by atoms with van der Waals surface area (Å²) in [7, 11) is 0. The minimum absolute atomic E-state index is 0.263. The molecule has 2 heterocycles. The van der Waals surface area contributed by atoms with Crippen LogP contribution in [0.15, 0.2) is 24.3 Å². The Bertz CT molecular complexity index is 502. The Morgan fingerprint density at radius 2 is 1.28 bits per heavy atom. The van der Waals surface area contributed by atoms with E-state index in [1.54, 1.807) is 24.3 Å². The van der Waals surface area contributed by atoms with Gasteiger partial charge in [-0.3, -0.25) is 24.5 Å². The summed E-state index contributed by atoms with van der Waals surface area (Å²) in [5.74, 6) is -1.40. The normalized spacial score (nSPS) is 16.7. The number of benzene rings is 1. The first-order chi connectivity index (χ1) is 8.58. The standard InChI is InChI=1S/C8H5NO2.C4H4O3/c10-7-5-3-1-2-4-6(5)8(11)9-7;5-3-1-2-4(6)7-3/h1-4H,(H,9,10,11);1-2H2. The van der Waals surface area contributed by atoms with Gasteiger partial charge in [-0.1, -0.05) is 12.1 Å². The maximum absolute atomic E-state index is 10.9. The van der Waals surface area contributed by atoms with E-state index in [1.807, 2.05) is 0 Å². The number of hydrogen-bond acceptors (Lipinski definition) is 5. The molecule has 1 aromatic rings. The van der Waals surface area contributed by atoms with Gasteiger partial charge in [0.1, 0.15) is 0 Å². The molecular formula is C12H9NO5. The fourth-order valence-electron chi connectivity index (χ4n) is 1.55. The maximum Gasteiger partial charge on any atom is 0.314 e. The number of esters is 2. The predicted octanol–water partition coefficient (Wildman–Crippen LogP) is 0.420. The molecule has 0 saturated carbocycles. The van der Waals surface area contributed by atoms with Gasteiger partial charge in [0.25, 0.3) is 11.8 Å². The van der Waals surface area contributed by atoms with Crippen molar-refractivity contribution in [3.05, 3.63) is 35.4 Å². The van der Waals surface area contributed by atoms with Crippen LogP contribution in [0, 0.1) is 0 Å². The van der Waals surface area contributed by atoms with Crippen LogP contribution in [0.4, 0.5) is 0 Å². The Hall–Kier alpha value is -2.50. The molecule has 1 fully saturated rings. The first kappa shape index (κ1) is 12.0. The third-order valence-electron chi connectivity index (χ3n) is 2.40. The van der Waals surface area contributed by atoms with Gasteiger partial charge in [-0.15, -0.1) is 0 Å². The lowest BCUT2D eigenvalue weighted by Crippen LogP contribution is -2.19. The van der Waals surface area contributed by atoms with Crippen molar-refractivity contribution < 1.29 is 23.9 Å². The van der Waals surface area contributed by atoms with Crippen LogP contribution < -0.4 is 5.32 Å². The largest absolute Gasteiger partial charge is 0.393 e. The Morgan fingerprint density at radius 3 is 1.61 bits per heavy atom. The first-order valence-corrected chi connectivity index (χ1v) is 5.26. The van der Waals surface area contributed by atoms with Gasteiger partial charge in [-0.25, -0.2) is 0 Å². The van der Waals surface area contributed by atoms with Gasteiger partial charge in [0, 0.05) is 0 Å². The number of hydrogen-bond donors (Lipinski definition) is 1. The Balaban J connectivity index is 0.000000149. The summed E-state index contributed by atoms with van der Waals surface area (Å²) < 4.78 is 4.08. The van der Waals surface area contributed by atoms with Crippen LogP contribution in [-0.4, -0.2) is 23.8 Å². The van der Waals surface area contributed by atoms with Crippen LogP contribution in [-0.2, 0) is 14.3 Å². The third-order valence-corrected chi connectivity index (χ3v) is 2.40. The van der Waals surface area contributed by atoms with Crippen molar-refractivity contribution in [2.75, 3.05) is 0 Å². The zero-order valence-corrected chi connectivity index (χ0v) is 9.26. The molecule has 1 saturated heterocycles. The highest BCUT2D eigenvalue weighted by molar-refractivity contribution is 6.21. The van der Waals surface area contributed by atoms with Crippen LogP contribution in [0.3, 0.4) is 0 Å². The van der Waals surface area contributed by atoms with Gasteiger partial charge >= 0.3 is 11.9 Å². The minimum Gasteiger partial charge on any atom is -0.393 e. The molecule has 18 heavy (non-hydrogen) atoms. The number of ether oxygens (including phenoxy) is 1. The summed E-state index contributed by atoms with van der Waals surface area (Å²) in [6.07, 6.45) is 0.525. The van der Waals surface area contributed by atoms with Crippen molar-refractivity contribution in [3.63, 3.8) is 0 Å². The van der Waals surface area contributed by atoms with Gasteiger partial charge in [0.15, 0.2) is 0 Å². The predicted molar refractivity (Wildman–Crippen MR) is 58.6 cm³/mol. The molecular weight excluding hydrogens is 238 g/mol. The molecule has 2 aliphatic heterocycles. The van der Waals surface area contributed by atoms with Gasteiger partial charge in [-0.2, -0.15) is 0 Å². The molecule has 0 bridgehead atoms. The second-order valence-electron chi connectivity index (χ2n) is 3.67. The molecule has 0 spiro atoms. The Morgan fingerprint density at radius 1 is 0.833 bits per heavy atom. The molecule has 0 radical (unpaired) electrons. The summed E-state index contributed by atoms with van der Waals surface area (Å²) in [6.45, 7) is 0. The van der Waals surface area contributed by atoms with Crippen molar-refractivity contribution >= 4 is 23.8 Å². The third kappa shape index (κ3) is 2.42. The quantitative estimate of drug-likeness (QED) is 0.407. The number of amides is 2. The summed E-state index contributed by atoms with van der Waals surface area (Å²) in [4.78, 5) is 41.9. The number of carbonyl (C=O) groups excluding carboxylic acids is 4. The number of nitrogens with one attached hydrogen (secondary N) is 1. The molecule has 0 aromatic heterocycles. The first-order valence-electron chi connectivity index (χ1n) is 5.26. The fourth-order valence-corrected chi connectivity index (χ4v) is 1.55. The van der Waals surface area contributed by atoms with Crippen LogP contribution in [0.2, 0.25) is 0 Å². The van der Waals surface area contributed by atoms with Gasteiger partial charge in [0.05, 0.1) is 24.0 Å². The smallest absolute Gasteiger partial charge is 0.314 e. The SMILES string of the molecule is O=C1CCC(=O)O1.O=C1NC(=O)c2ccccc21. The second-order valence-corrected chi connectivity index (χ2v) is 3.67. The van der Waals surface area contributed by atoms with Crippen molar-refractivity contribution in [1.82, 2.24) is 5.32 Å². The van der Waals surface area contributed by atoms with E-state index in [4.69, 9.17) is 0 Å². The number of imide groups is 1. The van der Waals surface area contributed by atoms with Crippen molar-refractivity contribution in [2.45, 2.75) is 12.8 Å². The monoisotopic (exact) mass is 247 g/mol. The lowest BCUT2D eigenvalue weighted by Gasteiger charge is -1.88. The van der Waals surface area contributed by atoms with E-state index in [0.29, 0.717) is 11.1 Å². The average molecular weight is 247 g/mol. The molecule has 1 N–H and O–H groups in total. The molecule has 0 atom stereocenters. The highest BCUT2D eigenvalue weighted by atomic mass is 16.6. The van der Waals surface area contributed by atoms with E-state index < -0.39 is 11.9 Å². The molecule has 0 unspecified atom stereocenters. The second kappa shape index (κ2) is 4.79. The van der Waals surface area contributed by atoms with Crippen molar-refractivity contribution in [2.24, 2.45) is 0 Å². The average Bonchev–Trinajstić information content (AvgIpc) is 2.85. The summed E-state index contributed by atoms with van der Waals surface area (Å²) in [5.41, 5.74) is 0.940. The molecule has 3 rings (SSSR count). The molecule has 1 aromatic carbocycles. The molecule has 92 valence electrons. The van der Waals surface area contributed by atoms with Crippen LogP contribution in [0.1, 0.15) is 33.6 Å². The highest BCUT2D eigenvalue weighted by Crippen LogP contribution is 2.13. The Kier molecular flexibility index (Phi) is 3.18. The zero-order chi connectivity index (χ0) is 13.1. The maximum atomic E-state index is 10.9. The summed E-state index contributed by atoms with van der Waals surface area (Å²) >= 11 is 0. The molecule has 6 heteroatoms. The fraction of sp³-hybridized carbons (Fsp3) is 0.167. The lowest BCUT2D eigenvalue weighted by atomic mass is 10.1. The van der Waals surface area contributed by atoms with Gasteiger partial charge in [-0.05, 0) is 12.1 Å². The van der Waals surface area contributed by atoms with E-state index >= 15 is 0 Å². The molecule has 2 aliphatic rings. The number of cyclic esters (lactones) is 2. The Labute approximate surface area is 102 Å². The van der Waals surface area contributed by atoms with Crippen LogP contribution in [0.25, 0.3) is 0 Å². The summed E-state index contributed by atoms with van der Waals surface area (Å²) in [5, 5.41) is 2.20. The molecule has 2 amide bonds. The molecule has 6 nitrogen and oxygen atoms in total. The van der Waals surface area contributed by atoms with Gasteiger partial charge in [0.2, 0.25) is 0 Å². The number of fused-ring (bicyclic) bond motifs is 1. The van der Waals surface area contributed by atoms with E-state index in [9.17, 15) is 19.2 Å². The molecule has 0 aliphatic carbocycles. The van der Waals surface area contributed by atoms with Gasteiger partial charge < -0.3 is 4.74 Å². The topological polar surface area (TPSA) is 89.5 Å². The van der Waals surface area contributed by atoms with E-state index in [0.717, 1.165) is 0 Å². The van der Waals surface area contributed by atoms with Crippen LogP contribution >= 0.6 is 0 Å². The lowest BCUT2D eigenvalue weighted by molar-refractivity contribution is -0.151. The number of rotatable bonds is 0. The highest BCUT2D eigenvalue weighted by Gasteiger charge is 2.25. The van der Waals surface area contributed by atoms with E-state index in [2.05, 4.69) is 10.1 Å². The van der Waals surface area contributed by atoms with E-state index in [1.165, 1.54) is 0 Å². The van der Waals surface area contributed by atoms with Crippen LogP contribution in [0.5, 0.6) is 0 Å². The minimum atomic E-state index is -0.398. The van der Waals surface area contributed by atoms with Crippen molar-refractivity contribution in [3.8, 4) is 0 Å². The number of carbonyl (C=O) groups is 4. The van der Waals surface area contributed by atoms with E-state index in [-0.39, 0.29) is 24.7 Å². The van der Waals surface area contributed by atoms with Crippen molar-refractivity contribution in [1.29, 1.82) is 0 Å². The zero-order valence-electron chi connectivity index (χ0n) is 9.26. The summed E-state index contributed by atoms with van der Waals surface area (Å²) in [6, 6.07) is 6.74.